The molecule has 0 spiro atoms. The Morgan fingerprint density at radius 1 is 1.17 bits per heavy atom. The number of benzene rings is 1. The van der Waals surface area contributed by atoms with Crippen LogP contribution >= 0.6 is 0 Å². The summed E-state index contributed by atoms with van der Waals surface area (Å²) in [7, 11) is 0. The van der Waals surface area contributed by atoms with Crippen molar-refractivity contribution in [2.75, 3.05) is 13.1 Å². The molecule has 0 saturated heterocycles. The molecule has 2 aromatic rings. The van der Waals surface area contributed by atoms with E-state index in [9.17, 15) is 5.11 Å². The van der Waals surface area contributed by atoms with E-state index in [2.05, 4.69) is 60.7 Å². The number of nitrogens with zero attached hydrogens (tertiary/aromatic N) is 1. The van der Waals surface area contributed by atoms with Crippen LogP contribution in [-0.4, -0.2) is 28.9 Å². The number of hydrogen-bond donors (Lipinski definition) is 2. The minimum atomic E-state index is -0.244. The number of rotatable bonds is 11. The van der Waals surface area contributed by atoms with Crippen LogP contribution in [0.5, 0.6) is 0 Å². The molecule has 1 aromatic carbocycles. The van der Waals surface area contributed by atoms with Crippen LogP contribution in [0, 0.1) is 12.8 Å². The Labute approximate surface area is 177 Å². The molecule has 0 bridgehead atoms. The molecule has 1 fully saturated rings. The van der Waals surface area contributed by atoms with Crippen molar-refractivity contribution >= 4 is 0 Å². The SMILES string of the molecule is C=CCC[C@H](O)C[NH+](Cc1cccn1Cc1ccccc1C)CC1CCCCC1. The van der Waals surface area contributed by atoms with Crippen molar-refractivity contribution in [3.05, 3.63) is 72.1 Å². The topological polar surface area (TPSA) is 29.6 Å². The fraction of sp³-hybridized carbons (Fsp3) is 0.538. The fourth-order valence-electron chi connectivity index (χ4n) is 4.76. The van der Waals surface area contributed by atoms with Crippen LogP contribution in [0.25, 0.3) is 0 Å². The fourth-order valence-corrected chi connectivity index (χ4v) is 4.76. The first-order valence-corrected chi connectivity index (χ1v) is 11.5. The Balaban J connectivity index is 1.68. The molecule has 2 atom stereocenters. The van der Waals surface area contributed by atoms with Crippen LogP contribution < -0.4 is 4.90 Å². The third-order valence-corrected chi connectivity index (χ3v) is 6.49. The van der Waals surface area contributed by atoms with Crippen molar-refractivity contribution in [1.29, 1.82) is 0 Å². The quantitative estimate of drug-likeness (QED) is 0.550. The highest BCUT2D eigenvalue weighted by Crippen LogP contribution is 2.22. The van der Waals surface area contributed by atoms with Gasteiger partial charge in [-0.2, -0.15) is 0 Å². The van der Waals surface area contributed by atoms with Gasteiger partial charge in [-0.3, -0.25) is 0 Å². The first kappa shape index (κ1) is 21.9. The standard InChI is InChI=1S/C26H38N2O/c1-3-4-16-26(29)21-27(18-23-12-6-5-7-13-23)20-25-15-10-17-28(25)19-24-14-9-8-11-22(24)2/h3,8-11,14-15,17,23,26,29H,1,4-7,12-13,16,18-21H2,2H3/p+1/t26-/m0/s1. The lowest BCUT2D eigenvalue weighted by molar-refractivity contribution is -0.920. The molecule has 1 aliphatic carbocycles. The number of hydrogen-bond acceptors (Lipinski definition) is 1. The van der Waals surface area contributed by atoms with Crippen LogP contribution in [0.4, 0.5) is 0 Å². The number of aliphatic hydroxyl groups excluding tert-OH is 1. The second kappa shape index (κ2) is 11.4. The predicted octanol–water partition coefficient (Wildman–Crippen LogP) is 4.14. The summed E-state index contributed by atoms with van der Waals surface area (Å²) in [5.74, 6) is 0.810. The lowest BCUT2D eigenvalue weighted by atomic mass is 9.89. The van der Waals surface area contributed by atoms with E-state index in [1.165, 1.54) is 60.4 Å². The first-order valence-electron chi connectivity index (χ1n) is 11.5. The number of nitrogens with one attached hydrogen (secondary N) is 1. The molecule has 1 aromatic heterocycles. The van der Waals surface area contributed by atoms with E-state index in [1.54, 1.807) is 0 Å². The lowest BCUT2D eigenvalue weighted by Crippen LogP contribution is -3.12. The molecular weight excluding hydrogens is 356 g/mol. The van der Waals surface area contributed by atoms with Crippen molar-refractivity contribution in [3.8, 4) is 0 Å². The van der Waals surface area contributed by atoms with E-state index in [-0.39, 0.29) is 6.10 Å². The van der Waals surface area contributed by atoms with Gasteiger partial charge in [0.2, 0.25) is 0 Å². The highest BCUT2D eigenvalue weighted by molar-refractivity contribution is 5.26. The Hall–Kier alpha value is -1.84. The summed E-state index contributed by atoms with van der Waals surface area (Å²) in [4.78, 5) is 1.53. The minimum Gasteiger partial charge on any atom is -0.387 e. The molecule has 2 N–H and O–H groups in total. The Bertz CT molecular complexity index is 745. The summed E-state index contributed by atoms with van der Waals surface area (Å²) in [6.45, 7) is 9.92. The zero-order valence-electron chi connectivity index (χ0n) is 18.2. The third-order valence-electron chi connectivity index (χ3n) is 6.49. The number of quaternary nitrogens is 1. The van der Waals surface area contributed by atoms with Gasteiger partial charge in [0.25, 0.3) is 0 Å². The van der Waals surface area contributed by atoms with E-state index in [0.29, 0.717) is 0 Å². The second-order valence-electron chi connectivity index (χ2n) is 8.91. The number of aromatic nitrogens is 1. The normalized spacial score (nSPS) is 17.2. The zero-order chi connectivity index (χ0) is 20.5. The van der Waals surface area contributed by atoms with Gasteiger partial charge in [0.1, 0.15) is 19.2 Å². The Morgan fingerprint density at radius 3 is 2.72 bits per heavy atom. The van der Waals surface area contributed by atoms with Crippen LogP contribution in [0.3, 0.4) is 0 Å². The zero-order valence-corrected chi connectivity index (χ0v) is 18.2. The highest BCUT2D eigenvalue weighted by Gasteiger charge is 2.23. The maximum atomic E-state index is 10.6. The first-order chi connectivity index (χ1) is 14.2. The average Bonchev–Trinajstić information content (AvgIpc) is 3.15. The molecule has 29 heavy (non-hydrogen) atoms. The molecule has 1 saturated carbocycles. The molecule has 3 nitrogen and oxygen atoms in total. The van der Waals surface area contributed by atoms with Crippen LogP contribution in [0.15, 0.2) is 55.3 Å². The summed E-state index contributed by atoms with van der Waals surface area (Å²) in [5.41, 5.74) is 4.10. The summed E-state index contributed by atoms with van der Waals surface area (Å²) in [6.07, 6.45) is 12.4. The molecule has 0 aliphatic heterocycles. The largest absolute Gasteiger partial charge is 0.387 e. The van der Waals surface area contributed by atoms with Gasteiger partial charge in [-0.05, 0) is 55.9 Å². The Morgan fingerprint density at radius 2 is 1.97 bits per heavy atom. The van der Waals surface area contributed by atoms with Crippen molar-refractivity contribution in [3.63, 3.8) is 0 Å². The second-order valence-corrected chi connectivity index (χ2v) is 8.91. The molecule has 3 heteroatoms. The van der Waals surface area contributed by atoms with Crippen molar-refractivity contribution in [2.24, 2.45) is 5.92 Å². The van der Waals surface area contributed by atoms with Crippen LogP contribution in [0.2, 0.25) is 0 Å². The molecule has 3 rings (SSSR count). The van der Waals surface area contributed by atoms with Crippen molar-refractivity contribution in [1.82, 2.24) is 4.57 Å². The maximum absolute atomic E-state index is 10.6. The monoisotopic (exact) mass is 395 g/mol. The molecular formula is C26H39N2O+. The highest BCUT2D eigenvalue weighted by atomic mass is 16.3. The molecule has 0 radical (unpaired) electrons. The van der Waals surface area contributed by atoms with Gasteiger partial charge in [-0.15, -0.1) is 6.58 Å². The summed E-state index contributed by atoms with van der Waals surface area (Å²) >= 11 is 0. The van der Waals surface area contributed by atoms with Gasteiger partial charge < -0.3 is 14.6 Å². The van der Waals surface area contributed by atoms with E-state index in [0.717, 1.165) is 38.4 Å². The molecule has 158 valence electrons. The van der Waals surface area contributed by atoms with Gasteiger partial charge in [-0.25, -0.2) is 0 Å². The number of aliphatic hydroxyl groups is 1. The van der Waals surface area contributed by atoms with E-state index >= 15 is 0 Å². The molecule has 1 unspecified atom stereocenters. The van der Waals surface area contributed by atoms with E-state index < -0.39 is 0 Å². The van der Waals surface area contributed by atoms with E-state index in [4.69, 9.17) is 0 Å². The minimum absolute atomic E-state index is 0.244. The average molecular weight is 396 g/mol. The van der Waals surface area contributed by atoms with E-state index in [1.807, 2.05) is 6.08 Å². The smallest absolute Gasteiger partial charge is 0.118 e. The maximum Gasteiger partial charge on any atom is 0.118 e. The van der Waals surface area contributed by atoms with Gasteiger partial charge in [-0.1, -0.05) is 49.6 Å². The van der Waals surface area contributed by atoms with Crippen LogP contribution in [0.1, 0.15) is 61.8 Å². The Kier molecular flexibility index (Phi) is 8.57. The summed E-state index contributed by atoms with van der Waals surface area (Å²) < 4.78 is 2.39. The van der Waals surface area contributed by atoms with Crippen molar-refractivity contribution < 1.29 is 10.0 Å². The third kappa shape index (κ3) is 6.87. The van der Waals surface area contributed by atoms with Gasteiger partial charge in [0.05, 0.1) is 12.2 Å². The molecule has 1 aliphatic rings. The van der Waals surface area contributed by atoms with Gasteiger partial charge >= 0.3 is 0 Å². The molecule has 0 amide bonds. The van der Waals surface area contributed by atoms with Gasteiger partial charge in [0.15, 0.2) is 0 Å². The summed E-state index contributed by atoms with van der Waals surface area (Å²) in [5, 5.41) is 10.6. The van der Waals surface area contributed by atoms with Crippen LogP contribution in [-0.2, 0) is 13.1 Å². The van der Waals surface area contributed by atoms with Crippen molar-refractivity contribution in [2.45, 2.75) is 71.1 Å². The number of aryl methyl sites for hydroxylation is 1. The summed E-state index contributed by atoms with van der Waals surface area (Å²) in [6, 6.07) is 13.1. The molecule has 1 heterocycles. The number of allylic oxidation sites excluding steroid dienone is 1. The van der Waals surface area contributed by atoms with Gasteiger partial charge in [0, 0.05) is 18.7 Å². The predicted molar refractivity (Wildman–Crippen MR) is 121 cm³/mol. The lowest BCUT2D eigenvalue weighted by Gasteiger charge is -2.29.